The van der Waals surface area contributed by atoms with Crippen molar-refractivity contribution in [2.45, 2.75) is 51.9 Å². The number of fused-ring (bicyclic) bond motifs is 2. The summed E-state index contributed by atoms with van der Waals surface area (Å²) in [6.07, 6.45) is 10.7. The van der Waals surface area contributed by atoms with Crippen LogP contribution >= 0.6 is 0 Å². The van der Waals surface area contributed by atoms with Gasteiger partial charge in [0, 0.05) is 52.8 Å². The van der Waals surface area contributed by atoms with Crippen molar-refractivity contribution in [3.05, 3.63) is 126 Å². The van der Waals surface area contributed by atoms with E-state index >= 15 is 0 Å². The Morgan fingerprint density at radius 1 is 1.00 bits per heavy atom. The molecule has 5 rings (SSSR count). The number of hydrogen-bond acceptors (Lipinski definition) is 4. The molecule has 1 aromatic heterocycles. The van der Waals surface area contributed by atoms with Crippen molar-refractivity contribution in [2.75, 3.05) is 24.2 Å². The van der Waals surface area contributed by atoms with Crippen molar-refractivity contribution in [3.63, 3.8) is 0 Å². The molecule has 2 aliphatic heterocycles. The zero-order valence-corrected chi connectivity index (χ0v) is 27.3. The van der Waals surface area contributed by atoms with E-state index in [4.69, 9.17) is 4.98 Å². The average molecular weight is 609 g/mol. The van der Waals surface area contributed by atoms with E-state index in [0.29, 0.717) is 13.0 Å². The Morgan fingerprint density at radius 3 is 2.32 bits per heavy atom. The third kappa shape index (κ3) is 5.99. The number of para-hydroxylation sites is 2. The summed E-state index contributed by atoms with van der Waals surface area (Å²) < 4.78 is 34.6. The van der Waals surface area contributed by atoms with Crippen molar-refractivity contribution >= 4 is 38.4 Å². The molecule has 1 N–H and O–H groups in total. The topological polar surface area (TPSA) is 73.5 Å². The maximum atomic E-state index is 11.5. The highest BCUT2D eigenvalue weighted by molar-refractivity contribution is 7.85. The summed E-state index contributed by atoms with van der Waals surface area (Å²) in [5.41, 5.74) is 10.2. The minimum absolute atomic E-state index is 0.165. The van der Waals surface area contributed by atoms with Gasteiger partial charge < -0.3 is 4.90 Å². The Bertz CT molecular complexity index is 1840. The molecule has 0 saturated heterocycles. The number of hydrogen-bond donors (Lipinski definition) is 1. The Labute approximate surface area is 262 Å². The van der Waals surface area contributed by atoms with E-state index < -0.39 is 10.1 Å². The third-order valence-corrected chi connectivity index (χ3v) is 9.72. The lowest BCUT2D eigenvalue weighted by Crippen LogP contribution is -2.28. The zero-order chi connectivity index (χ0) is 31.9. The maximum absolute atomic E-state index is 11.5. The van der Waals surface area contributed by atoms with Crippen LogP contribution in [0.25, 0.3) is 11.1 Å². The summed E-state index contributed by atoms with van der Waals surface area (Å²) in [5.74, 6) is -0.285. The van der Waals surface area contributed by atoms with Gasteiger partial charge in [-0.3, -0.25) is 9.54 Å². The van der Waals surface area contributed by atoms with Crippen LogP contribution in [0.2, 0.25) is 0 Å². The van der Waals surface area contributed by atoms with Crippen LogP contribution in [0.3, 0.4) is 0 Å². The number of rotatable bonds is 9. The quantitative estimate of drug-likeness (QED) is 0.153. The second-order valence-electron chi connectivity index (χ2n) is 12.7. The van der Waals surface area contributed by atoms with Crippen LogP contribution in [0.5, 0.6) is 0 Å². The van der Waals surface area contributed by atoms with Crippen LogP contribution in [0, 0.1) is 0 Å². The molecule has 2 aromatic carbocycles. The molecule has 0 aliphatic carbocycles. The summed E-state index contributed by atoms with van der Waals surface area (Å²) in [7, 11) is -1.94. The Kier molecular flexibility index (Phi) is 8.40. The highest BCUT2D eigenvalue weighted by Crippen LogP contribution is 2.47. The SMILES string of the molecule is C=C(C)c1ccc(C(C=CC2=[N+](C)c3ccccc3C2(C)C)=CC=C2N(CCCS(=O)(=O)O)c3ccccc3C2(C)C)nc1. The lowest BCUT2D eigenvalue weighted by molar-refractivity contribution is -0.401. The molecule has 0 bridgehead atoms. The van der Waals surface area contributed by atoms with Gasteiger partial charge in [0.05, 0.1) is 16.9 Å². The average Bonchev–Trinajstić information content (AvgIpc) is 3.31. The highest BCUT2D eigenvalue weighted by Gasteiger charge is 2.43. The lowest BCUT2D eigenvalue weighted by atomic mass is 9.81. The minimum atomic E-state index is -4.05. The maximum Gasteiger partial charge on any atom is 0.264 e. The van der Waals surface area contributed by atoms with Gasteiger partial charge >= 0.3 is 0 Å². The first-order valence-corrected chi connectivity index (χ1v) is 16.6. The predicted molar refractivity (Wildman–Crippen MR) is 182 cm³/mol. The summed E-state index contributed by atoms with van der Waals surface area (Å²) in [6.45, 7) is 15.4. The van der Waals surface area contributed by atoms with Crippen LogP contribution in [0.1, 0.15) is 63.4 Å². The molecule has 6 nitrogen and oxygen atoms in total. The first kappa shape index (κ1) is 31.4. The van der Waals surface area contributed by atoms with Crippen LogP contribution in [-0.4, -0.2) is 47.6 Å². The molecule has 0 amide bonds. The number of allylic oxidation sites excluding steroid dienone is 7. The van der Waals surface area contributed by atoms with Crippen LogP contribution in [-0.2, 0) is 20.9 Å². The second kappa shape index (κ2) is 11.8. The Hall–Kier alpha value is -4.07. The van der Waals surface area contributed by atoms with Gasteiger partial charge in [-0.05, 0) is 68.2 Å². The van der Waals surface area contributed by atoms with Gasteiger partial charge in [-0.2, -0.15) is 13.0 Å². The molecule has 228 valence electrons. The number of pyridine rings is 1. The molecular formula is C37H42N3O3S+. The van der Waals surface area contributed by atoms with Crippen LogP contribution < -0.4 is 4.90 Å². The Morgan fingerprint density at radius 2 is 1.68 bits per heavy atom. The van der Waals surface area contributed by atoms with Gasteiger partial charge in [-0.15, -0.1) is 0 Å². The highest BCUT2D eigenvalue weighted by atomic mass is 32.2. The molecule has 3 heterocycles. The number of anilines is 1. The number of benzene rings is 2. The molecule has 2 aliphatic rings. The van der Waals surface area contributed by atoms with Crippen molar-refractivity contribution in [2.24, 2.45) is 0 Å². The smallest absolute Gasteiger partial charge is 0.264 e. The molecule has 0 unspecified atom stereocenters. The van der Waals surface area contributed by atoms with E-state index in [9.17, 15) is 13.0 Å². The monoisotopic (exact) mass is 608 g/mol. The lowest BCUT2D eigenvalue weighted by Gasteiger charge is -2.27. The summed E-state index contributed by atoms with van der Waals surface area (Å²) in [5, 5.41) is 0. The van der Waals surface area contributed by atoms with Crippen molar-refractivity contribution < 1.29 is 17.5 Å². The number of aromatic nitrogens is 1. The molecule has 0 saturated carbocycles. The fourth-order valence-electron chi connectivity index (χ4n) is 6.47. The standard InChI is InChI=1S/C37H41N3O3S/c1-26(2)28-17-20-31(38-25-28)27(18-21-34-36(3,4)29-13-8-10-15-32(29)39(34)7)19-22-35-37(5,6)30-14-9-11-16-33(30)40(35)23-12-24-44(41,42)43/h8-11,13-22,25H,1,12,23-24H2,2-7H3/p+1. The molecule has 44 heavy (non-hydrogen) atoms. The van der Waals surface area contributed by atoms with Gasteiger partial charge in [0.15, 0.2) is 5.71 Å². The van der Waals surface area contributed by atoms with Gasteiger partial charge in [0.1, 0.15) is 7.05 Å². The second-order valence-corrected chi connectivity index (χ2v) is 14.3. The molecule has 0 atom stereocenters. The summed E-state index contributed by atoms with van der Waals surface area (Å²) >= 11 is 0. The van der Waals surface area contributed by atoms with Gasteiger partial charge in [0.2, 0.25) is 5.69 Å². The van der Waals surface area contributed by atoms with Crippen molar-refractivity contribution in [1.82, 2.24) is 4.98 Å². The van der Waals surface area contributed by atoms with Crippen molar-refractivity contribution in [3.8, 4) is 0 Å². The van der Waals surface area contributed by atoms with E-state index in [0.717, 1.165) is 33.8 Å². The van der Waals surface area contributed by atoms with E-state index in [-0.39, 0.29) is 16.6 Å². The largest absolute Gasteiger partial charge is 0.344 e. The first-order chi connectivity index (χ1) is 20.7. The van der Waals surface area contributed by atoms with E-state index in [2.05, 4.69) is 111 Å². The number of nitrogens with zero attached hydrogens (tertiary/aromatic N) is 3. The van der Waals surface area contributed by atoms with E-state index in [1.165, 1.54) is 22.5 Å². The van der Waals surface area contributed by atoms with Crippen LogP contribution in [0.15, 0.2) is 103 Å². The van der Waals surface area contributed by atoms with E-state index in [1.54, 1.807) is 0 Å². The van der Waals surface area contributed by atoms with Crippen molar-refractivity contribution in [1.29, 1.82) is 0 Å². The molecule has 0 spiro atoms. The predicted octanol–water partition coefficient (Wildman–Crippen LogP) is 7.72. The molecule has 0 fully saturated rings. The Balaban J connectivity index is 1.60. The van der Waals surface area contributed by atoms with Crippen LogP contribution in [0.4, 0.5) is 11.4 Å². The molecule has 7 heteroatoms. The third-order valence-electron chi connectivity index (χ3n) is 8.92. The van der Waals surface area contributed by atoms with Gasteiger partial charge in [-0.25, -0.2) is 0 Å². The van der Waals surface area contributed by atoms with Gasteiger partial charge in [0.25, 0.3) is 10.1 Å². The van der Waals surface area contributed by atoms with Gasteiger partial charge in [-0.1, -0.05) is 69.0 Å². The summed E-state index contributed by atoms with van der Waals surface area (Å²) in [4.78, 5) is 6.99. The summed E-state index contributed by atoms with van der Waals surface area (Å²) in [6, 6.07) is 20.8. The zero-order valence-electron chi connectivity index (χ0n) is 26.5. The molecule has 0 radical (unpaired) electrons. The first-order valence-electron chi connectivity index (χ1n) is 15.0. The fourth-order valence-corrected chi connectivity index (χ4v) is 6.96. The minimum Gasteiger partial charge on any atom is -0.344 e. The van der Waals surface area contributed by atoms with E-state index in [1.807, 2.05) is 37.4 Å². The normalized spacial score (nSPS) is 18.3. The molecule has 3 aromatic rings. The molecular weight excluding hydrogens is 566 g/mol. The fraction of sp³-hybridized carbons (Fsp3) is 0.297.